The van der Waals surface area contributed by atoms with Crippen molar-refractivity contribution in [3.8, 4) is 0 Å². The van der Waals surface area contributed by atoms with Crippen LogP contribution >= 0.6 is 11.8 Å². The number of aliphatic hydroxyl groups is 1. The van der Waals surface area contributed by atoms with Gasteiger partial charge in [0.05, 0.1) is 12.8 Å². The van der Waals surface area contributed by atoms with Crippen LogP contribution in [0, 0.1) is 5.92 Å². The van der Waals surface area contributed by atoms with Crippen molar-refractivity contribution in [2.45, 2.75) is 11.9 Å². The minimum atomic E-state index is -0.484. The van der Waals surface area contributed by atoms with Gasteiger partial charge in [0.2, 0.25) is 0 Å². The highest BCUT2D eigenvalue weighted by Gasteiger charge is 2.11. The van der Waals surface area contributed by atoms with Crippen molar-refractivity contribution >= 4 is 23.4 Å². The van der Waals surface area contributed by atoms with E-state index < -0.39 is 5.97 Å². The molecule has 1 aromatic heterocycles. The monoisotopic (exact) mass is 256 g/mol. The van der Waals surface area contributed by atoms with E-state index in [0.717, 1.165) is 0 Å². The molecule has 1 rings (SSSR count). The molecule has 1 unspecified atom stereocenters. The van der Waals surface area contributed by atoms with Gasteiger partial charge < -0.3 is 15.6 Å². The van der Waals surface area contributed by atoms with Gasteiger partial charge in [-0.25, -0.2) is 9.78 Å². The molecular formula is C11H16N2O3S. The zero-order valence-corrected chi connectivity index (χ0v) is 10.7. The Balaban J connectivity index is 2.80. The molecule has 0 saturated carbocycles. The lowest BCUT2D eigenvalue weighted by Gasteiger charge is -2.09. The summed E-state index contributed by atoms with van der Waals surface area (Å²) in [5.41, 5.74) is 6.52. The molecule has 0 aromatic carbocycles. The third kappa shape index (κ3) is 3.90. The number of aliphatic hydroxyl groups excluding tert-OH is 1. The summed E-state index contributed by atoms with van der Waals surface area (Å²) in [4.78, 5) is 15.4. The van der Waals surface area contributed by atoms with Crippen molar-refractivity contribution < 1.29 is 14.6 Å². The number of pyridine rings is 1. The highest BCUT2D eigenvalue weighted by molar-refractivity contribution is 7.99. The SMILES string of the molecule is COC(=O)c1ccc(N)c(SCC(C)CO)n1. The zero-order chi connectivity index (χ0) is 12.8. The Morgan fingerprint density at radius 2 is 2.35 bits per heavy atom. The van der Waals surface area contributed by atoms with Gasteiger partial charge in [-0.05, 0) is 18.1 Å². The quantitative estimate of drug-likeness (QED) is 0.607. The second-order valence-electron chi connectivity index (χ2n) is 3.68. The van der Waals surface area contributed by atoms with E-state index in [4.69, 9.17) is 10.8 Å². The first-order chi connectivity index (χ1) is 8.08. The van der Waals surface area contributed by atoms with Gasteiger partial charge in [0.25, 0.3) is 0 Å². The first kappa shape index (κ1) is 13.8. The second-order valence-corrected chi connectivity index (χ2v) is 4.69. The molecule has 1 heterocycles. The molecule has 0 aliphatic carbocycles. The Labute approximate surface area is 104 Å². The van der Waals surface area contributed by atoms with Crippen molar-refractivity contribution in [3.05, 3.63) is 17.8 Å². The van der Waals surface area contributed by atoms with Gasteiger partial charge in [0.15, 0.2) is 0 Å². The minimum absolute atomic E-state index is 0.115. The Bertz CT molecular complexity index is 398. The zero-order valence-electron chi connectivity index (χ0n) is 9.84. The summed E-state index contributed by atoms with van der Waals surface area (Å²) in [6, 6.07) is 3.16. The van der Waals surface area contributed by atoms with Crippen molar-refractivity contribution in [2.75, 3.05) is 25.2 Å². The number of hydrogen-bond acceptors (Lipinski definition) is 6. The summed E-state index contributed by atoms with van der Waals surface area (Å²) in [6.45, 7) is 2.04. The van der Waals surface area contributed by atoms with E-state index in [1.807, 2.05) is 6.92 Å². The van der Waals surface area contributed by atoms with E-state index in [-0.39, 0.29) is 18.2 Å². The molecule has 0 spiro atoms. The van der Waals surface area contributed by atoms with Crippen molar-refractivity contribution in [1.82, 2.24) is 4.98 Å². The van der Waals surface area contributed by atoms with Crippen LogP contribution < -0.4 is 5.73 Å². The number of nitrogens with two attached hydrogens (primary N) is 1. The normalized spacial score (nSPS) is 12.2. The third-order valence-electron chi connectivity index (χ3n) is 2.10. The van der Waals surface area contributed by atoms with Crippen LogP contribution in [0.3, 0.4) is 0 Å². The lowest BCUT2D eigenvalue weighted by molar-refractivity contribution is 0.0593. The maximum Gasteiger partial charge on any atom is 0.356 e. The number of thioether (sulfide) groups is 1. The summed E-state index contributed by atoms with van der Waals surface area (Å²) in [5.74, 6) is 0.364. The first-order valence-electron chi connectivity index (χ1n) is 5.17. The molecule has 1 aromatic rings. The van der Waals surface area contributed by atoms with E-state index in [9.17, 15) is 4.79 Å². The lowest BCUT2D eigenvalue weighted by atomic mass is 10.2. The Kier molecular flexibility index (Phi) is 5.24. The summed E-state index contributed by atoms with van der Waals surface area (Å²) >= 11 is 1.42. The van der Waals surface area contributed by atoms with Crippen molar-refractivity contribution in [3.63, 3.8) is 0 Å². The highest BCUT2D eigenvalue weighted by Crippen LogP contribution is 2.25. The van der Waals surface area contributed by atoms with Gasteiger partial charge in [-0.3, -0.25) is 0 Å². The number of hydrogen-bond donors (Lipinski definition) is 2. The fraction of sp³-hybridized carbons (Fsp3) is 0.455. The van der Waals surface area contributed by atoms with Crippen LogP contribution in [0.15, 0.2) is 17.2 Å². The maximum absolute atomic E-state index is 11.3. The number of carbonyl (C=O) groups excluding carboxylic acids is 1. The van der Waals surface area contributed by atoms with Gasteiger partial charge in [-0.15, -0.1) is 11.8 Å². The van der Waals surface area contributed by atoms with E-state index in [0.29, 0.717) is 16.5 Å². The summed E-state index contributed by atoms with van der Waals surface area (Å²) < 4.78 is 4.59. The Morgan fingerprint density at radius 1 is 1.65 bits per heavy atom. The standard InChI is InChI=1S/C11H16N2O3S/c1-7(5-14)6-17-10-8(12)3-4-9(13-10)11(15)16-2/h3-4,7,14H,5-6,12H2,1-2H3. The summed E-state index contributed by atoms with van der Waals surface area (Å²) in [5, 5.41) is 9.51. The molecule has 0 bridgehead atoms. The van der Waals surface area contributed by atoms with Crippen molar-refractivity contribution in [2.24, 2.45) is 5.92 Å². The van der Waals surface area contributed by atoms with Gasteiger partial charge in [0, 0.05) is 12.4 Å². The molecular weight excluding hydrogens is 240 g/mol. The van der Waals surface area contributed by atoms with Crippen LogP contribution in [-0.2, 0) is 4.74 Å². The lowest BCUT2D eigenvalue weighted by Crippen LogP contribution is -2.08. The van der Waals surface area contributed by atoms with Gasteiger partial charge in [-0.1, -0.05) is 6.92 Å². The molecule has 0 fully saturated rings. The number of anilines is 1. The summed E-state index contributed by atoms with van der Waals surface area (Å²) in [7, 11) is 1.31. The highest BCUT2D eigenvalue weighted by atomic mass is 32.2. The molecule has 0 amide bonds. The number of nitrogen functional groups attached to an aromatic ring is 1. The molecule has 0 aliphatic heterocycles. The number of esters is 1. The number of nitrogens with zero attached hydrogens (tertiary/aromatic N) is 1. The second kappa shape index (κ2) is 6.46. The van der Waals surface area contributed by atoms with Crippen LogP contribution in [0.5, 0.6) is 0 Å². The number of carbonyl (C=O) groups is 1. The van der Waals surface area contributed by atoms with E-state index in [1.165, 1.54) is 24.9 Å². The van der Waals surface area contributed by atoms with Crippen LogP contribution in [0.4, 0.5) is 5.69 Å². The predicted octanol–water partition coefficient (Wildman–Crippen LogP) is 1.17. The van der Waals surface area contributed by atoms with Crippen LogP contribution in [0.2, 0.25) is 0 Å². The Morgan fingerprint density at radius 3 is 2.94 bits per heavy atom. The topological polar surface area (TPSA) is 85.4 Å². The van der Waals surface area contributed by atoms with Gasteiger partial charge >= 0.3 is 5.97 Å². The molecule has 3 N–H and O–H groups in total. The predicted molar refractivity (Wildman–Crippen MR) is 67.0 cm³/mol. The van der Waals surface area contributed by atoms with Crippen LogP contribution in [-0.4, -0.2) is 35.5 Å². The van der Waals surface area contributed by atoms with Gasteiger partial charge in [-0.2, -0.15) is 0 Å². The first-order valence-corrected chi connectivity index (χ1v) is 6.15. The Hall–Kier alpha value is -1.27. The summed E-state index contributed by atoms with van der Waals surface area (Å²) in [6.07, 6.45) is 0. The maximum atomic E-state index is 11.3. The average molecular weight is 256 g/mol. The van der Waals surface area contributed by atoms with E-state index in [2.05, 4.69) is 9.72 Å². The van der Waals surface area contributed by atoms with Crippen LogP contribution in [0.1, 0.15) is 17.4 Å². The molecule has 5 nitrogen and oxygen atoms in total. The average Bonchev–Trinajstić information content (AvgIpc) is 2.36. The number of rotatable bonds is 5. The molecule has 6 heteroatoms. The number of aromatic nitrogens is 1. The van der Waals surface area contributed by atoms with Crippen molar-refractivity contribution in [1.29, 1.82) is 0 Å². The van der Waals surface area contributed by atoms with Crippen LogP contribution in [0.25, 0.3) is 0 Å². The molecule has 0 saturated heterocycles. The molecule has 17 heavy (non-hydrogen) atoms. The fourth-order valence-electron chi connectivity index (χ4n) is 1.06. The van der Waals surface area contributed by atoms with E-state index in [1.54, 1.807) is 6.07 Å². The number of ether oxygens (including phenoxy) is 1. The van der Waals surface area contributed by atoms with E-state index >= 15 is 0 Å². The molecule has 0 radical (unpaired) electrons. The largest absolute Gasteiger partial charge is 0.464 e. The molecule has 1 atom stereocenters. The molecule has 0 aliphatic rings. The van der Waals surface area contributed by atoms with Gasteiger partial charge in [0.1, 0.15) is 10.7 Å². The fourth-order valence-corrected chi connectivity index (χ4v) is 2.00. The molecule has 94 valence electrons. The smallest absolute Gasteiger partial charge is 0.356 e. The number of methoxy groups -OCH3 is 1. The minimum Gasteiger partial charge on any atom is -0.464 e. The third-order valence-corrected chi connectivity index (χ3v) is 3.44.